The fourth-order valence-electron chi connectivity index (χ4n) is 4.18. The van der Waals surface area contributed by atoms with E-state index in [4.69, 9.17) is 4.74 Å². The molecule has 10 nitrogen and oxygen atoms in total. The highest BCUT2D eigenvalue weighted by Gasteiger charge is 2.32. The topological polar surface area (TPSA) is 139 Å². The van der Waals surface area contributed by atoms with Gasteiger partial charge in [-0.2, -0.15) is 10.2 Å². The van der Waals surface area contributed by atoms with Crippen LogP contribution in [0, 0.1) is 23.1 Å². The predicted octanol–water partition coefficient (Wildman–Crippen LogP) is 2.47. The Morgan fingerprint density at radius 1 is 1.29 bits per heavy atom. The predicted molar refractivity (Wildman–Crippen MR) is 123 cm³/mol. The summed E-state index contributed by atoms with van der Waals surface area (Å²) < 4.78 is 21.3. The number of nitrogens with zero attached hydrogens (tertiary/aromatic N) is 5. The smallest absolute Gasteiger partial charge is 0.280 e. The third-order valence-electron chi connectivity index (χ3n) is 5.90. The summed E-state index contributed by atoms with van der Waals surface area (Å²) in [5.41, 5.74) is 1.16. The first-order valence-corrected chi connectivity index (χ1v) is 11.0. The first-order valence-electron chi connectivity index (χ1n) is 11.0. The van der Waals surface area contributed by atoms with Crippen molar-refractivity contribution in [2.24, 2.45) is 5.92 Å². The second-order valence-corrected chi connectivity index (χ2v) is 8.13. The molecule has 5 rings (SSSR count). The number of rotatable bonds is 6. The summed E-state index contributed by atoms with van der Waals surface area (Å²) in [5, 5.41) is 12.1. The summed E-state index contributed by atoms with van der Waals surface area (Å²) in [6.07, 6.45) is 1.22. The number of hydrogen-bond acceptors (Lipinski definition) is 7. The van der Waals surface area contributed by atoms with Crippen molar-refractivity contribution >= 4 is 17.1 Å². The summed E-state index contributed by atoms with van der Waals surface area (Å²) in [6.45, 7) is 2.48. The third-order valence-corrected chi connectivity index (χ3v) is 5.90. The largest absolute Gasteiger partial charge is 0.469 e. The number of imidazole rings is 1. The Morgan fingerprint density at radius 2 is 2.14 bits per heavy atom. The van der Waals surface area contributed by atoms with Crippen LogP contribution in [0.4, 0.5) is 4.39 Å². The number of ether oxygens (including phenoxy) is 1. The van der Waals surface area contributed by atoms with Crippen molar-refractivity contribution in [3.8, 4) is 23.3 Å². The molecule has 4 heterocycles. The van der Waals surface area contributed by atoms with E-state index < -0.39 is 11.9 Å². The van der Waals surface area contributed by atoms with Gasteiger partial charge in [-0.1, -0.05) is 12.1 Å². The zero-order valence-electron chi connectivity index (χ0n) is 18.7. The molecule has 1 saturated heterocycles. The van der Waals surface area contributed by atoms with Gasteiger partial charge in [0.15, 0.2) is 11.2 Å². The summed E-state index contributed by atoms with van der Waals surface area (Å²) in [6, 6.07) is 11.4. The molecule has 2 unspecified atom stereocenters. The first kappa shape index (κ1) is 22.2. The van der Waals surface area contributed by atoms with Crippen LogP contribution in [-0.2, 0) is 11.3 Å². The van der Waals surface area contributed by atoms with E-state index in [0.717, 1.165) is 0 Å². The van der Waals surface area contributed by atoms with E-state index in [9.17, 15) is 19.2 Å². The highest BCUT2D eigenvalue weighted by atomic mass is 19.1. The lowest BCUT2D eigenvalue weighted by Crippen LogP contribution is -2.23. The highest BCUT2D eigenvalue weighted by Crippen LogP contribution is 2.32. The molecular formula is C24H20FN7O3. The average Bonchev–Trinajstić information content (AvgIpc) is 3.49. The number of H-pyrrole nitrogens is 1. The molecule has 11 heteroatoms. The molecule has 35 heavy (non-hydrogen) atoms. The van der Waals surface area contributed by atoms with Crippen molar-refractivity contribution < 1.29 is 13.9 Å². The fourth-order valence-corrected chi connectivity index (χ4v) is 4.18. The van der Waals surface area contributed by atoms with Crippen LogP contribution in [0.3, 0.4) is 0 Å². The number of amides is 1. The maximum absolute atomic E-state index is 13.9. The van der Waals surface area contributed by atoms with Crippen LogP contribution < -0.4 is 15.6 Å². The van der Waals surface area contributed by atoms with Crippen LogP contribution in [0.15, 0.2) is 47.4 Å². The van der Waals surface area contributed by atoms with Gasteiger partial charge in [0.05, 0.1) is 0 Å². The number of nitriles is 1. The van der Waals surface area contributed by atoms with Crippen molar-refractivity contribution in [2.45, 2.75) is 26.0 Å². The standard InChI is InChI=1S/C24H20FN7O3/c1-2-32-17(10-26)29-23-20(24(32)34)30-22(31-23)14-6-7-19(28-11-14)35-21(15-9-18(33)27-12-15)13-4-3-5-16(25)8-13/h3-8,11,15,21H,2,9,12H2,1H3,(H,27,33)(H,30,31). The van der Waals surface area contributed by atoms with Gasteiger partial charge in [0.1, 0.15) is 23.8 Å². The van der Waals surface area contributed by atoms with Crippen LogP contribution in [-0.4, -0.2) is 37.0 Å². The van der Waals surface area contributed by atoms with Crippen LogP contribution in [0.2, 0.25) is 0 Å². The molecule has 2 N–H and O–H groups in total. The second kappa shape index (κ2) is 8.98. The van der Waals surface area contributed by atoms with Crippen molar-refractivity contribution in [3.05, 3.63) is 70.2 Å². The van der Waals surface area contributed by atoms with Gasteiger partial charge in [0.25, 0.3) is 5.56 Å². The zero-order valence-corrected chi connectivity index (χ0v) is 18.7. The van der Waals surface area contributed by atoms with Gasteiger partial charge in [-0.25, -0.2) is 14.4 Å². The van der Waals surface area contributed by atoms with Gasteiger partial charge in [0, 0.05) is 43.3 Å². The number of pyridine rings is 1. The number of carbonyl (C=O) groups excluding carboxylic acids is 1. The van der Waals surface area contributed by atoms with Crippen molar-refractivity contribution in [1.82, 2.24) is 29.8 Å². The number of fused-ring (bicyclic) bond motifs is 1. The number of carbonyl (C=O) groups is 1. The number of halogens is 1. The zero-order chi connectivity index (χ0) is 24.5. The van der Waals surface area contributed by atoms with Crippen LogP contribution >= 0.6 is 0 Å². The molecule has 1 aliphatic heterocycles. The van der Waals surface area contributed by atoms with E-state index in [2.05, 4.69) is 25.3 Å². The molecule has 0 aliphatic carbocycles. The van der Waals surface area contributed by atoms with Gasteiger partial charge in [-0.15, -0.1) is 0 Å². The van der Waals surface area contributed by atoms with E-state index in [-0.39, 0.29) is 46.7 Å². The van der Waals surface area contributed by atoms with E-state index >= 15 is 0 Å². The molecule has 0 saturated carbocycles. The Labute approximate surface area is 198 Å². The monoisotopic (exact) mass is 473 g/mol. The summed E-state index contributed by atoms with van der Waals surface area (Å²) in [5.74, 6) is 0.00114. The minimum atomic E-state index is -0.574. The quantitative estimate of drug-likeness (QED) is 0.439. The molecule has 2 atom stereocenters. The molecule has 1 aromatic carbocycles. The SMILES string of the molecule is CCn1c(C#N)nc2nc(-c3ccc(OC(c4cccc(F)c4)C4CNC(=O)C4)nc3)[nH]c2c1=O. The van der Waals surface area contributed by atoms with E-state index in [1.807, 2.05) is 6.07 Å². The molecule has 0 spiro atoms. The Hall–Kier alpha value is -4.59. The summed E-state index contributed by atoms with van der Waals surface area (Å²) in [7, 11) is 0. The minimum absolute atomic E-state index is 0.00630. The minimum Gasteiger partial charge on any atom is -0.469 e. The maximum Gasteiger partial charge on any atom is 0.280 e. The normalized spacial score (nSPS) is 16.1. The number of hydrogen-bond donors (Lipinski definition) is 2. The molecule has 0 bridgehead atoms. The number of nitrogens with one attached hydrogen (secondary N) is 2. The molecule has 1 aliphatic rings. The van der Waals surface area contributed by atoms with E-state index in [1.54, 1.807) is 31.2 Å². The lowest BCUT2D eigenvalue weighted by molar-refractivity contribution is -0.119. The number of aromatic amines is 1. The maximum atomic E-state index is 13.9. The Morgan fingerprint density at radius 3 is 2.80 bits per heavy atom. The fraction of sp³-hybridized carbons (Fsp3) is 0.250. The van der Waals surface area contributed by atoms with E-state index in [1.165, 1.54) is 22.9 Å². The third kappa shape index (κ3) is 4.21. The average molecular weight is 473 g/mol. The highest BCUT2D eigenvalue weighted by molar-refractivity contribution is 5.78. The summed E-state index contributed by atoms with van der Waals surface area (Å²) >= 11 is 0. The molecule has 1 amide bonds. The van der Waals surface area contributed by atoms with Gasteiger partial charge in [-0.05, 0) is 30.7 Å². The molecule has 176 valence electrons. The molecule has 3 aromatic heterocycles. The van der Waals surface area contributed by atoms with Gasteiger partial charge in [0.2, 0.25) is 17.6 Å². The second-order valence-electron chi connectivity index (χ2n) is 8.13. The first-order chi connectivity index (χ1) is 17.0. The van der Waals surface area contributed by atoms with E-state index in [0.29, 0.717) is 30.0 Å². The van der Waals surface area contributed by atoms with Crippen molar-refractivity contribution in [1.29, 1.82) is 5.26 Å². The van der Waals surface area contributed by atoms with Gasteiger partial charge < -0.3 is 15.0 Å². The Kier molecular flexibility index (Phi) is 5.70. The molecule has 0 radical (unpaired) electrons. The van der Waals surface area contributed by atoms with Gasteiger partial charge in [-0.3, -0.25) is 14.2 Å². The number of benzene rings is 1. The van der Waals surface area contributed by atoms with Gasteiger partial charge >= 0.3 is 0 Å². The Balaban J connectivity index is 1.44. The van der Waals surface area contributed by atoms with Crippen LogP contribution in [0.5, 0.6) is 5.88 Å². The summed E-state index contributed by atoms with van der Waals surface area (Å²) in [4.78, 5) is 40.3. The Bertz CT molecular complexity index is 1520. The van der Waals surface area contributed by atoms with Crippen molar-refractivity contribution in [3.63, 3.8) is 0 Å². The van der Waals surface area contributed by atoms with Crippen LogP contribution in [0.1, 0.15) is 30.8 Å². The number of aromatic nitrogens is 5. The lowest BCUT2D eigenvalue weighted by Gasteiger charge is -2.23. The molecule has 4 aromatic rings. The van der Waals surface area contributed by atoms with Crippen molar-refractivity contribution in [2.75, 3.05) is 6.54 Å². The molecular weight excluding hydrogens is 453 g/mol. The lowest BCUT2D eigenvalue weighted by atomic mass is 9.94. The molecule has 1 fully saturated rings. The van der Waals surface area contributed by atoms with Crippen LogP contribution in [0.25, 0.3) is 22.6 Å².